The van der Waals surface area contributed by atoms with Gasteiger partial charge in [0.05, 0.1) is 25.2 Å². The van der Waals surface area contributed by atoms with Gasteiger partial charge in [0.15, 0.2) is 11.5 Å². The maximum atomic E-state index is 12.0. The van der Waals surface area contributed by atoms with Crippen molar-refractivity contribution in [1.82, 2.24) is 0 Å². The number of unbranched alkanes of at least 4 members (excludes halogenated alkanes) is 1. The molecule has 206 valence electrons. The van der Waals surface area contributed by atoms with Crippen LogP contribution in [0.3, 0.4) is 0 Å². The van der Waals surface area contributed by atoms with Crippen LogP contribution in [-0.4, -0.2) is 66.3 Å². The summed E-state index contributed by atoms with van der Waals surface area (Å²) in [6.07, 6.45) is 1.28. The van der Waals surface area contributed by atoms with Gasteiger partial charge in [0.2, 0.25) is 0 Å². The smallest absolute Gasteiger partial charge is 0.306 e. The number of aliphatic hydroxyl groups is 1. The topological polar surface area (TPSA) is 149 Å². The Morgan fingerprint density at radius 3 is 2.17 bits per heavy atom. The van der Waals surface area contributed by atoms with E-state index in [9.17, 15) is 19.8 Å². The molecule has 0 spiro atoms. The Hall–Kier alpha value is -2.36. The van der Waals surface area contributed by atoms with Gasteiger partial charge in [0.25, 0.3) is 0 Å². The summed E-state index contributed by atoms with van der Waals surface area (Å²) in [5.74, 6) is -1.94. The van der Waals surface area contributed by atoms with Crippen LogP contribution in [0.5, 0.6) is 11.5 Å². The third kappa shape index (κ3) is 10.7. The second-order valence-electron chi connectivity index (χ2n) is 9.86. The minimum atomic E-state index is -1.07. The monoisotopic (exact) mass is 511 g/mol. The van der Waals surface area contributed by atoms with Gasteiger partial charge in [-0.15, -0.1) is 0 Å². The van der Waals surface area contributed by atoms with E-state index < -0.39 is 35.9 Å². The summed E-state index contributed by atoms with van der Waals surface area (Å²) in [5.41, 5.74) is 6.98. The maximum absolute atomic E-state index is 12.0. The van der Waals surface area contributed by atoms with Gasteiger partial charge in [-0.2, -0.15) is 0 Å². The van der Waals surface area contributed by atoms with Crippen molar-refractivity contribution < 1.29 is 39.1 Å². The Labute approximate surface area is 214 Å². The molecule has 1 unspecified atom stereocenters. The number of hydrogen-bond donors (Lipinski definition) is 4. The van der Waals surface area contributed by atoms with Crippen LogP contribution in [0.4, 0.5) is 0 Å². The van der Waals surface area contributed by atoms with Crippen LogP contribution in [0.25, 0.3) is 0 Å². The van der Waals surface area contributed by atoms with Crippen LogP contribution in [0.2, 0.25) is 0 Å². The zero-order valence-electron chi connectivity index (χ0n) is 22.3. The van der Waals surface area contributed by atoms with Crippen molar-refractivity contribution >= 4 is 11.9 Å². The number of hydrogen-bond acceptors (Lipinski definition) is 7. The summed E-state index contributed by atoms with van der Waals surface area (Å²) < 4.78 is 16.9. The first-order valence-electron chi connectivity index (χ1n) is 12.8. The Kier molecular flexibility index (Phi) is 14.4. The number of rotatable bonds is 19. The molecular formula is C27H45NO8. The molecule has 0 aliphatic carbocycles. The SMILES string of the molecule is COCCCOc1cc(C([C@@H](C)C(=O)O)[C@H](O)[C@@H](N)C[C@H](C)C(C)C)ccc1OCCCCC(=O)O. The highest BCUT2D eigenvalue weighted by Gasteiger charge is 2.36. The lowest BCUT2D eigenvalue weighted by Gasteiger charge is -2.33. The van der Waals surface area contributed by atoms with Crippen LogP contribution < -0.4 is 15.2 Å². The van der Waals surface area contributed by atoms with Crippen molar-refractivity contribution in [3.05, 3.63) is 23.8 Å². The molecule has 0 saturated heterocycles. The minimum absolute atomic E-state index is 0.0744. The van der Waals surface area contributed by atoms with E-state index >= 15 is 0 Å². The summed E-state index contributed by atoms with van der Waals surface area (Å²) in [4.78, 5) is 22.7. The third-order valence-electron chi connectivity index (χ3n) is 6.66. The molecule has 36 heavy (non-hydrogen) atoms. The minimum Gasteiger partial charge on any atom is -0.490 e. The molecule has 0 aliphatic heterocycles. The predicted octanol–water partition coefficient (Wildman–Crippen LogP) is 3.91. The zero-order valence-corrected chi connectivity index (χ0v) is 22.3. The summed E-state index contributed by atoms with van der Waals surface area (Å²) >= 11 is 0. The van der Waals surface area contributed by atoms with Gasteiger partial charge >= 0.3 is 11.9 Å². The van der Waals surface area contributed by atoms with Gasteiger partial charge in [0, 0.05) is 38.5 Å². The van der Waals surface area contributed by atoms with Crippen molar-refractivity contribution in [3.63, 3.8) is 0 Å². The number of methoxy groups -OCH3 is 1. The van der Waals surface area contributed by atoms with E-state index in [1.54, 1.807) is 32.2 Å². The van der Waals surface area contributed by atoms with Crippen LogP contribution in [0.1, 0.15) is 71.3 Å². The first-order chi connectivity index (χ1) is 17.0. The number of nitrogens with two attached hydrogens (primary N) is 1. The molecule has 0 aliphatic rings. The van der Waals surface area contributed by atoms with Gasteiger partial charge in [0.1, 0.15) is 0 Å². The number of carboxylic acids is 2. The van der Waals surface area contributed by atoms with E-state index in [0.29, 0.717) is 68.5 Å². The standard InChI is InChI=1S/C27H45NO8/c1-17(2)18(3)15-21(28)26(31)25(19(4)27(32)33)20-10-11-22(35-13-7-6-9-24(29)30)23(16-20)36-14-8-12-34-5/h10-11,16-19,21,25-26,31H,6-9,12-15,28H2,1-5H3,(H,29,30)(H,32,33)/t18-,19+,21-,25?,26+/m0/s1. The van der Waals surface area contributed by atoms with Crippen molar-refractivity contribution in [2.24, 2.45) is 23.5 Å². The first kappa shape index (κ1) is 31.7. The number of benzene rings is 1. The molecule has 0 aromatic heterocycles. The Morgan fingerprint density at radius 1 is 0.944 bits per heavy atom. The lowest BCUT2D eigenvalue weighted by Crippen LogP contribution is -2.43. The summed E-state index contributed by atoms with van der Waals surface area (Å²) in [6.45, 7) is 9.02. The number of aliphatic carboxylic acids is 2. The van der Waals surface area contributed by atoms with Crippen molar-refractivity contribution in [1.29, 1.82) is 0 Å². The van der Waals surface area contributed by atoms with Crippen LogP contribution in [0, 0.1) is 17.8 Å². The largest absolute Gasteiger partial charge is 0.490 e. The molecule has 0 saturated carbocycles. The molecule has 1 aromatic rings. The molecule has 0 bridgehead atoms. The van der Waals surface area contributed by atoms with Gasteiger partial charge in [-0.1, -0.05) is 33.8 Å². The van der Waals surface area contributed by atoms with Crippen LogP contribution in [-0.2, 0) is 14.3 Å². The van der Waals surface area contributed by atoms with E-state index in [-0.39, 0.29) is 12.3 Å². The van der Waals surface area contributed by atoms with Crippen LogP contribution >= 0.6 is 0 Å². The number of carbonyl (C=O) groups is 2. The molecule has 0 fully saturated rings. The molecule has 5 atom stereocenters. The third-order valence-corrected chi connectivity index (χ3v) is 6.66. The lowest BCUT2D eigenvalue weighted by atomic mass is 9.77. The van der Waals surface area contributed by atoms with Gasteiger partial charge in [-0.25, -0.2) is 0 Å². The lowest BCUT2D eigenvalue weighted by molar-refractivity contribution is -0.143. The Bertz CT molecular complexity index is 800. The van der Waals surface area contributed by atoms with Crippen molar-refractivity contribution in [2.45, 2.75) is 77.9 Å². The number of ether oxygens (including phenoxy) is 3. The average Bonchev–Trinajstić information content (AvgIpc) is 2.82. The Morgan fingerprint density at radius 2 is 1.58 bits per heavy atom. The van der Waals surface area contributed by atoms with E-state index in [1.807, 2.05) is 0 Å². The summed E-state index contributed by atoms with van der Waals surface area (Å²) in [5, 5.41) is 29.8. The second-order valence-corrected chi connectivity index (χ2v) is 9.86. The van der Waals surface area contributed by atoms with E-state index in [0.717, 1.165) is 0 Å². The quantitative estimate of drug-likeness (QED) is 0.203. The molecule has 0 radical (unpaired) electrons. The van der Waals surface area contributed by atoms with Gasteiger partial charge in [-0.05, 0) is 48.8 Å². The molecule has 1 aromatic carbocycles. The van der Waals surface area contributed by atoms with E-state index in [4.69, 9.17) is 25.1 Å². The fraction of sp³-hybridized carbons (Fsp3) is 0.704. The molecule has 1 rings (SSSR count). The fourth-order valence-electron chi connectivity index (χ4n) is 3.95. The fourth-order valence-corrected chi connectivity index (χ4v) is 3.95. The second kappa shape index (κ2) is 16.4. The molecular weight excluding hydrogens is 466 g/mol. The highest BCUT2D eigenvalue weighted by Crippen LogP contribution is 2.37. The number of carboxylic acid groups (broad SMARTS) is 2. The predicted molar refractivity (Wildman–Crippen MR) is 138 cm³/mol. The summed E-state index contributed by atoms with van der Waals surface area (Å²) in [7, 11) is 1.61. The van der Waals surface area contributed by atoms with Crippen molar-refractivity contribution in [2.75, 3.05) is 26.9 Å². The van der Waals surface area contributed by atoms with E-state index in [1.165, 1.54) is 0 Å². The molecule has 9 heteroatoms. The molecule has 0 heterocycles. The summed E-state index contributed by atoms with van der Waals surface area (Å²) in [6, 6.07) is 4.56. The van der Waals surface area contributed by atoms with Gasteiger partial charge in [-0.3, -0.25) is 9.59 Å². The first-order valence-corrected chi connectivity index (χ1v) is 12.8. The molecule has 9 nitrogen and oxygen atoms in total. The van der Waals surface area contributed by atoms with Crippen LogP contribution in [0.15, 0.2) is 18.2 Å². The molecule has 5 N–H and O–H groups in total. The number of aliphatic hydroxyl groups excluding tert-OH is 1. The van der Waals surface area contributed by atoms with E-state index in [2.05, 4.69) is 20.8 Å². The molecule has 0 amide bonds. The zero-order chi connectivity index (χ0) is 27.3. The average molecular weight is 512 g/mol. The van der Waals surface area contributed by atoms with Gasteiger partial charge < -0.3 is 35.3 Å². The highest BCUT2D eigenvalue weighted by atomic mass is 16.5. The normalized spacial score (nSPS) is 15.7. The maximum Gasteiger partial charge on any atom is 0.306 e. The van der Waals surface area contributed by atoms with Crippen molar-refractivity contribution in [3.8, 4) is 11.5 Å². The Balaban J connectivity index is 3.19. The highest BCUT2D eigenvalue weighted by molar-refractivity contribution is 5.71.